The van der Waals surface area contributed by atoms with E-state index in [0.29, 0.717) is 5.92 Å². The highest BCUT2D eigenvalue weighted by Gasteiger charge is 2.19. The molecule has 0 saturated heterocycles. The molecule has 2 N–H and O–H groups in total. The van der Waals surface area contributed by atoms with Crippen LogP contribution in [0.4, 0.5) is 0 Å². The van der Waals surface area contributed by atoms with Gasteiger partial charge in [-0.2, -0.15) is 11.8 Å². The third kappa shape index (κ3) is 8.50. The summed E-state index contributed by atoms with van der Waals surface area (Å²) in [6, 6.07) is -0.117. The van der Waals surface area contributed by atoms with Crippen molar-refractivity contribution < 1.29 is 4.79 Å². The quantitative estimate of drug-likeness (QED) is 0.703. The zero-order chi connectivity index (χ0) is 13.5. The van der Waals surface area contributed by atoms with E-state index in [1.54, 1.807) is 0 Å². The molecule has 0 aromatic heterocycles. The third-order valence-corrected chi connectivity index (χ3v) is 4.05. The van der Waals surface area contributed by atoms with Crippen molar-refractivity contribution in [1.82, 2.24) is 10.6 Å². The van der Waals surface area contributed by atoms with Crippen molar-refractivity contribution >= 4 is 17.7 Å². The van der Waals surface area contributed by atoms with E-state index < -0.39 is 0 Å². The largest absolute Gasteiger partial charge is 0.355 e. The second-order valence-corrected chi connectivity index (χ2v) is 7.05. The molecule has 17 heavy (non-hydrogen) atoms. The number of carbonyl (C=O) groups excluding carboxylic acids is 1. The lowest BCUT2D eigenvalue weighted by molar-refractivity contribution is -0.122. The average Bonchev–Trinajstić information content (AvgIpc) is 2.25. The molecule has 0 aliphatic rings. The number of nitrogens with one attached hydrogen (secondary N) is 2. The second kappa shape index (κ2) is 7.98. The van der Waals surface area contributed by atoms with Crippen molar-refractivity contribution in [3.8, 4) is 0 Å². The molecule has 0 aliphatic heterocycles. The molecule has 0 saturated carbocycles. The van der Waals surface area contributed by atoms with Crippen LogP contribution in [0.5, 0.6) is 0 Å². The number of amides is 1. The van der Waals surface area contributed by atoms with Crippen molar-refractivity contribution in [2.75, 3.05) is 19.3 Å². The van der Waals surface area contributed by atoms with Crippen LogP contribution in [0.3, 0.4) is 0 Å². The molecule has 4 heteroatoms. The summed E-state index contributed by atoms with van der Waals surface area (Å²) >= 11 is 1.81. The fourth-order valence-electron chi connectivity index (χ4n) is 1.20. The van der Waals surface area contributed by atoms with Gasteiger partial charge in [-0.05, 0) is 39.4 Å². The predicted octanol–water partition coefficient (Wildman–Crippen LogP) is 2.27. The lowest BCUT2D eigenvalue weighted by atomic mass is 10.1. The number of hydrogen-bond donors (Lipinski definition) is 2. The van der Waals surface area contributed by atoms with Crippen molar-refractivity contribution in [2.24, 2.45) is 5.92 Å². The molecular weight excluding hydrogens is 232 g/mol. The van der Waals surface area contributed by atoms with Gasteiger partial charge in [-0.25, -0.2) is 0 Å². The summed E-state index contributed by atoms with van der Waals surface area (Å²) in [6.45, 7) is 12.2. The molecule has 3 nitrogen and oxygen atoms in total. The standard InChI is InChI=1S/C13H28N2OS/c1-10(2)7-8-14-12(16)11(3)15-9-13(4,5)17-6/h10-11,15H,7-9H2,1-6H3,(H,14,16). The van der Waals surface area contributed by atoms with E-state index in [0.717, 1.165) is 19.5 Å². The Balaban J connectivity index is 3.82. The molecule has 1 unspecified atom stereocenters. The second-order valence-electron chi connectivity index (χ2n) is 5.54. The first-order chi connectivity index (χ1) is 7.78. The van der Waals surface area contributed by atoms with Gasteiger partial charge in [-0.3, -0.25) is 4.79 Å². The van der Waals surface area contributed by atoms with Crippen LogP contribution in [0.2, 0.25) is 0 Å². The van der Waals surface area contributed by atoms with Gasteiger partial charge >= 0.3 is 0 Å². The zero-order valence-corrected chi connectivity index (χ0v) is 12.9. The van der Waals surface area contributed by atoms with Crippen molar-refractivity contribution in [3.05, 3.63) is 0 Å². The Bertz CT molecular complexity index is 229. The van der Waals surface area contributed by atoms with Gasteiger partial charge in [-0.15, -0.1) is 0 Å². The molecule has 0 aromatic rings. The Labute approximate surface area is 111 Å². The van der Waals surface area contributed by atoms with Crippen LogP contribution in [0.15, 0.2) is 0 Å². The Morgan fingerprint density at radius 1 is 1.29 bits per heavy atom. The van der Waals surface area contributed by atoms with Crippen LogP contribution in [-0.4, -0.2) is 36.0 Å². The van der Waals surface area contributed by atoms with Gasteiger partial charge in [0.15, 0.2) is 0 Å². The van der Waals surface area contributed by atoms with Gasteiger partial charge in [0.1, 0.15) is 0 Å². The minimum absolute atomic E-state index is 0.0996. The SMILES string of the molecule is CSC(C)(C)CNC(C)C(=O)NCCC(C)C. The lowest BCUT2D eigenvalue weighted by Gasteiger charge is -2.24. The minimum Gasteiger partial charge on any atom is -0.355 e. The summed E-state index contributed by atoms with van der Waals surface area (Å²) in [5, 5.41) is 6.24. The Morgan fingerprint density at radius 2 is 1.88 bits per heavy atom. The molecule has 0 heterocycles. The highest BCUT2D eigenvalue weighted by atomic mass is 32.2. The first-order valence-corrected chi connectivity index (χ1v) is 7.57. The molecule has 0 aromatic carbocycles. The summed E-state index contributed by atoms with van der Waals surface area (Å²) in [7, 11) is 0. The van der Waals surface area contributed by atoms with Crippen LogP contribution < -0.4 is 10.6 Å². The molecule has 1 atom stereocenters. The monoisotopic (exact) mass is 260 g/mol. The zero-order valence-electron chi connectivity index (χ0n) is 12.1. The number of thioether (sulfide) groups is 1. The van der Waals surface area contributed by atoms with Crippen LogP contribution >= 0.6 is 11.8 Å². The number of rotatable bonds is 8. The van der Waals surface area contributed by atoms with E-state index in [1.165, 1.54) is 0 Å². The highest BCUT2D eigenvalue weighted by Crippen LogP contribution is 2.19. The lowest BCUT2D eigenvalue weighted by Crippen LogP contribution is -2.46. The van der Waals surface area contributed by atoms with E-state index in [-0.39, 0.29) is 16.7 Å². The van der Waals surface area contributed by atoms with E-state index in [9.17, 15) is 4.79 Å². The van der Waals surface area contributed by atoms with Crippen LogP contribution in [0.1, 0.15) is 41.0 Å². The highest BCUT2D eigenvalue weighted by molar-refractivity contribution is 7.99. The average molecular weight is 260 g/mol. The fourth-order valence-corrected chi connectivity index (χ4v) is 1.43. The van der Waals surface area contributed by atoms with Crippen LogP contribution in [0, 0.1) is 5.92 Å². The summed E-state index contributed by atoms with van der Waals surface area (Å²) in [5.41, 5.74) is 0. The topological polar surface area (TPSA) is 41.1 Å². The van der Waals surface area contributed by atoms with E-state index in [2.05, 4.69) is 44.6 Å². The maximum absolute atomic E-state index is 11.7. The van der Waals surface area contributed by atoms with Crippen LogP contribution in [-0.2, 0) is 4.79 Å². The van der Waals surface area contributed by atoms with Gasteiger partial charge in [0.25, 0.3) is 0 Å². The molecule has 0 aliphatic carbocycles. The molecule has 102 valence electrons. The summed E-state index contributed by atoms with van der Waals surface area (Å²) in [4.78, 5) is 11.7. The van der Waals surface area contributed by atoms with Gasteiger partial charge in [0.2, 0.25) is 5.91 Å². The van der Waals surface area contributed by atoms with Crippen molar-refractivity contribution in [3.63, 3.8) is 0 Å². The van der Waals surface area contributed by atoms with Crippen molar-refractivity contribution in [1.29, 1.82) is 0 Å². The van der Waals surface area contributed by atoms with Crippen molar-refractivity contribution in [2.45, 2.75) is 51.8 Å². The predicted molar refractivity (Wildman–Crippen MR) is 77.5 cm³/mol. The van der Waals surface area contributed by atoms with E-state index >= 15 is 0 Å². The smallest absolute Gasteiger partial charge is 0.236 e. The third-order valence-electron chi connectivity index (χ3n) is 2.80. The molecule has 0 rings (SSSR count). The Kier molecular flexibility index (Phi) is 7.88. The van der Waals surface area contributed by atoms with Gasteiger partial charge in [-0.1, -0.05) is 13.8 Å². The summed E-state index contributed by atoms with van der Waals surface area (Å²) < 4.78 is 0.173. The molecule has 1 amide bonds. The summed E-state index contributed by atoms with van der Waals surface area (Å²) in [6.07, 6.45) is 3.13. The number of carbonyl (C=O) groups is 1. The first-order valence-electron chi connectivity index (χ1n) is 6.34. The van der Waals surface area contributed by atoms with Gasteiger partial charge in [0, 0.05) is 17.8 Å². The molecular formula is C13H28N2OS. The normalized spacial score (nSPS) is 13.8. The minimum atomic E-state index is -0.117. The Morgan fingerprint density at radius 3 is 2.35 bits per heavy atom. The van der Waals surface area contributed by atoms with E-state index in [4.69, 9.17) is 0 Å². The molecule has 0 fully saturated rings. The molecule has 0 radical (unpaired) electrons. The summed E-state index contributed by atoms with van der Waals surface area (Å²) in [5.74, 6) is 0.733. The van der Waals surface area contributed by atoms with Gasteiger partial charge in [0.05, 0.1) is 6.04 Å². The molecule has 0 bridgehead atoms. The molecule has 0 spiro atoms. The number of hydrogen-bond acceptors (Lipinski definition) is 3. The van der Waals surface area contributed by atoms with Gasteiger partial charge < -0.3 is 10.6 Å². The maximum atomic E-state index is 11.7. The maximum Gasteiger partial charge on any atom is 0.236 e. The Hall–Kier alpha value is -0.220. The first kappa shape index (κ1) is 16.8. The fraction of sp³-hybridized carbons (Fsp3) is 0.923. The van der Waals surface area contributed by atoms with Crippen LogP contribution in [0.25, 0.3) is 0 Å². The van der Waals surface area contributed by atoms with E-state index in [1.807, 2.05) is 18.7 Å².